The number of carbonyl (C=O) groups is 1. The Balaban J connectivity index is 2.32. The van der Waals surface area contributed by atoms with Gasteiger partial charge in [-0.2, -0.15) is 0 Å². The molecule has 0 spiro atoms. The third-order valence-electron chi connectivity index (χ3n) is 1.74. The van der Waals surface area contributed by atoms with Crippen LogP contribution in [0.2, 0.25) is 5.02 Å². The Kier molecular flexibility index (Phi) is 4.93. The second-order valence-electron chi connectivity index (χ2n) is 2.85. The minimum absolute atomic E-state index is 0.0954. The first-order chi connectivity index (χ1) is 6.75. The normalized spacial score (nSPS) is 10.1. The predicted molar refractivity (Wildman–Crippen MR) is 60.0 cm³/mol. The summed E-state index contributed by atoms with van der Waals surface area (Å²) in [5.41, 5.74) is 5.33. The molecule has 3 N–H and O–H groups in total. The van der Waals surface area contributed by atoms with Gasteiger partial charge in [0.05, 0.1) is 5.02 Å². The van der Waals surface area contributed by atoms with Crippen molar-refractivity contribution in [1.82, 2.24) is 5.32 Å². The van der Waals surface area contributed by atoms with Crippen LogP contribution in [0.15, 0.2) is 11.4 Å². The standard InChI is InChI=1S/C9H13ClN2OS/c10-7-3-6-14-8(7)9(13)12-5-2-1-4-11/h3,6H,1-2,4-5,11H2,(H,12,13). The number of hydrogen-bond donors (Lipinski definition) is 2. The van der Waals surface area contributed by atoms with Gasteiger partial charge in [0.1, 0.15) is 4.88 Å². The van der Waals surface area contributed by atoms with E-state index in [1.54, 1.807) is 11.4 Å². The van der Waals surface area contributed by atoms with Gasteiger partial charge in [-0.25, -0.2) is 0 Å². The van der Waals surface area contributed by atoms with Crippen molar-refractivity contribution >= 4 is 28.8 Å². The average Bonchev–Trinajstić information content (AvgIpc) is 2.59. The Labute approximate surface area is 92.3 Å². The summed E-state index contributed by atoms with van der Waals surface area (Å²) in [5, 5.41) is 5.11. The summed E-state index contributed by atoms with van der Waals surface area (Å²) < 4.78 is 0. The Morgan fingerprint density at radius 1 is 1.57 bits per heavy atom. The van der Waals surface area contributed by atoms with E-state index in [0.29, 0.717) is 23.0 Å². The van der Waals surface area contributed by atoms with Crippen molar-refractivity contribution in [2.24, 2.45) is 5.73 Å². The van der Waals surface area contributed by atoms with Crippen LogP contribution in [0.1, 0.15) is 22.5 Å². The molecule has 0 radical (unpaired) electrons. The summed E-state index contributed by atoms with van der Waals surface area (Å²) in [6, 6.07) is 1.72. The van der Waals surface area contributed by atoms with E-state index in [1.807, 2.05) is 0 Å². The Bertz CT molecular complexity index is 301. The van der Waals surface area contributed by atoms with Gasteiger partial charge in [-0.1, -0.05) is 11.6 Å². The van der Waals surface area contributed by atoms with E-state index < -0.39 is 0 Å². The molecule has 1 heterocycles. The zero-order valence-corrected chi connectivity index (χ0v) is 9.33. The van der Waals surface area contributed by atoms with E-state index in [1.165, 1.54) is 11.3 Å². The molecule has 14 heavy (non-hydrogen) atoms. The summed E-state index contributed by atoms with van der Waals surface area (Å²) in [6.45, 7) is 1.32. The maximum atomic E-state index is 11.5. The fourth-order valence-electron chi connectivity index (χ4n) is 1.01. The van der Waals surface area contributed by atoms with Crippen LogP contribution in [-0.4, -0.2) is 19.0 Å². The van der Waals surface area contributed by atoms with Crippen molar-refractivity contribution < 1.29 is 4.79 Å². The van der Waals surface area contributed by atoms with Gasteiger partial charge in [-0.3, -0.25) is 4.79 Å². The quantitative estimate of drug-likeness (QED) is 0.762. The smallest absolute Gasteiger partial charge is 0.262 e. The highest BCUT2D eigenvalue weighted by Crippen LogP contribution is 2.21. The highest BCUT2D eigenvalue weighted by molar-refractivity contribution is 7.12. The van der Waals surface area contributed by atoms with E-state index in [2.05, 4.69) is 5.32 Å². The minimum Gasteiger partial charge on any atom is -0.351 e. The Hall–Kier alpha value is -0.580. The lowest BCUT2D eigenvalue weighted by Crippen LogP contribution is -2.24. The molecule has 3 nitrogen and oxygen atoms in total. The summed E-state index contributed by atoms with van der Waals surface area (Å²) >= 11 is 7.16. The summed E-state index contributed by atoms with van der Waals surface area (Å²) in [4.78, 5) is 12.1. The minimum atomic E-state index is -0.0954. The highest BCUT2D eigenvalue weighted by atomic mass is 35.5. The largest absolute Gasteiger partial charge is 0.351 e. The van der Waals surface area contributed by atoms with Crippen LogP contribution in [0.3, 0.4) is 0 Å². The SMILES string of the molecule is NCCCCNC(=O)c1sccc1Cl. The van der Waals surface area contributed by atoms with Crippen molar-refractivity contribution in [2.75, 3.05) is 13.1 Å². The van der Waals surface area contributed by atoms with Gasteiger partial charge in [0.25, 0.3) is 5.91 Å². The van der Waals surface area contributed by atoms with Crippen molar-refractivity contribution in [3.63, 3.8) is 0 Å². The molecular formula is C9H13ClN2OS. The lowest BCUT2D eigenvalue weighted by molar-refractivity contribution is 0.0957. The van der Waals surface area contributed by atoms with Gasteiger partial charge in [-0.05, 0) is 30.8 Å². The van der Waals surface area contributed by atoms with E-state index in [-0.39, 0.29) is 5.91 Å². The van der Waals surface area contributed by atoms with Crippen LogP contribution >= 0.6 is 22.9 Å². The van der Waals surface area contributed by atoms with E-state index in [0.717, 1.165) is 12.8 Å². The molecular weight excluding hydrogens is 220 g/mol. The first kappa shape index (κ1) is 11.5. The van der Waals surface area contributed by atoms with Crippen LogP contribution in [0, 0.1) is 0 Å². The molecule has 78 valence electrons. The summed E-state index contributed by atoms with van der Waals surface area (Å²) in [6.07, 6.45) is 1.84. The Morgan fingerprint density at radius 2 is 2.36 bits per heavy atom. The number of carbonyl (C=O) groups excluding carboxylic acids is 1. The molecule has 0 fully saturated rings. The number of unbranched alkanes of at least 4 members (excludes halogenated alkanes) is 1. The molecule has 0 saturated carbocycles. The predicted octanol–water partition coefficient (Wildman–Crippen LogP) is 1.87. The van der Waals surface area contributed by atoms with Crippen LogP contribution < -0.4 is 11.1 Å². The Morgan fingerprint density at radius 3 is 2.93 bits per heavy atom. The first-order valence-corrected chi connectivity index (χ1v) is 5.72. The van der Waals surface area contributed by atoms with Gasteiger partial charge in [0.2, 0.25) is 0 Å². The second-order valence-corrected chi connectivity index (χ2v) is 4.17. The molecule has 1 aromatic rings. The van der Waals surface area contributed by atoms with Gasteiger partial charge < -0.3 is 11.1 Å². The van der Waals surface area contributed by atoms with E-state index in [4.69, 9.17) is 17.3 Å². The van der Waals surface area contributed by atoms with Gasteiger partial charge in [0.15, 0.2) is 0 Å². The molecule has 0 bridgehead atoms. The molecule has 1 aromatic heterocycles. The monoisotopic (exact) mass is 232 g/mol. The number of thiophene rings is 1. The molecule has 0 aliphatic rings. The van der Waals surface area contributed by atoms with Crippen molar-refractivity contribution in [3.8, 4) is 0 Å². The van der Waals surface area contributed by atoms with Gasteiger partial charge in [0, 0.05) is 6.54 Å². The molecule has 1 rings (SSSR count). The van der Waals surface area contributed by atoms with E-state index >= 15 is 0 Å². The number of rotatable bonds is 5. The highest BCUT2D eigenvalue weighted by Gasteiger charge is 2.10. The maximum absolute atomic E-state index is 11.5. The lowest BCUT2D eigenvalue weighted by Gasteiger charge is -2.02. The van der Waals surface area contributed by atoms with Crippen LogP contribution in [0.4, 0.5) is 0 Å². The summed E-state index contributed by atoms with van der Waals surface area (Å²) in [7, 11) is 0. The van der Waals surface area contributed by atoms with Crippen molar-refractivity contribution in [3.05, 3.63) is 21.3 Å². The zero-order chi connectivity index (χ0) is 10.4. The number of nitrogens with two attached hydrogens (primary N) is 1. The molecule has 0 aliphatic heterocycles. The molecule has 0 aliphatic carbocycles. The lowest BCUT2D eigenvalue weighted by atomic mass is 10.3. The molecule has 5 heteroatoms. The van der Waals surface area contributed by atoms with Crippen molar-refractivity contribution in [2.45, 2.75) is 12.8 Å². The van der Waals surface area contributed by atoms with Crippen LogP contribution in [-0.2, 0) is 0 Å². The van der Waals surface area contributed by atoms with Gasteiger partial charge >= 0.3 is 0 Å². The molecule has 1 amide bonds. The fraction of sp³-hybridized carbons (Fsp3) is 0.444. The number of nitrogens with one attached hydrogen (secondary N) is 1. The third kappa shape index (κ3) is 3.29. The van der Waals surface area contributed by atoms with Crippen molar-refractivity contribution in [1.29, 1.82) is 0 Å². The van der Waals surface area contributed by atoms with Crippen LogP contribution in [0.25, 0.3) is 0 Å². The van der Waals surface area contributed by atoms with Gasteiger partial charge in [-0.15, -0.1) is 11.3 Å². The molecule has 0 atom stereocenters. The number of amides is 1. The zero-order valence-electron chi connectivity index (χ0n) is 7.75. The fourth-order valence-corrected chi connectivity index (χ4v) is 2.06. The maximum Gasteiger partial charge on any atom is 0.262 e. The molecule has 0 aromatic carbocycles. The topological polar surface area (TPSA) is 55.1 Å². The summed E-state index contributed by atoms with van der Waals surface area (Å²) in [5.74, 6) is -0.0954. The number of halogens is 1. The second kappa shape index (κ2) is 6.01. The molecule has 0 saturated heterocycles. The average molecular weight is 233 g/mol. The number of hydrogen-bond acceptors (Lipinski definition) is 3. The van der Waals surface area contributed by atoms with Crippen LogP contribution in [0.5, 0.6) is 0 Å². The first-order valence-electron chi connectivity index (χ1n) is 4.47. The van der Waals surface area contributed by atoms with E-state index in [9.17, 15) is 4.79 Å². The third-order valence-corrected chi connectivity index (χ3v) is 3.08. The molecule has 0 unspecified atom stereocenters.